The molecule has 2 aliphatic rings. The Balaban J connectivity index is 1.71. The molecule has 2 aromatic rings. The number of allylic oxidation sites excluding steroid dienone is 2. The van der Waals surface area contributed by atoms with Gasteiger partial charge in [0, 0.05) is 5.92 Å². The van der Waals surface area contributed by atoms with Crippen LogP contribution in [0, 0.1) is 5.92 Å². The second-order valence-electron chi connectivity index (χ2n) is 6.74. The molecule has 0 bridgehead atoms. The zero-order chi connectivity index (χ0) is 18.1. The van der Waals surface area contributed by atoms with Crippen LogP contribution >= 0.6 is 0 Å². The fourth-order valence-corrected chi connectivity index (χ4v) is 4.14. The van der Waals surface area contributed by atoms with Crippen LogP contribution in [0.3, 0.4) is 0 Å². The molecular weight excluding hydrogens is 326 g/mol. The number of fused-ring (bicyclic) bond motifs is 3. The number of carbonyl (C=O) groups excluding carboxylic acids is 1. The number of esters is 1. The second-order valence-corrected chi connectivity index (χ2v) is 6.74. The summed E-state index contributed by atoms with van der Waals surface area (Å²) in [4.78, 5) is 11.7. The van der Waals surface area contributed by atoms with Crippen molar-refractivity contribution in [3.63, 3.8) is 0 Å². The lowest BCUT2D eigenvalue weighted by Gasteiger charge is -2.38. The molecule has 134 valence electrons. The topological polar surface area (TPSA) is 47.6 Å². The zero-order valence-corrected chi connectivity index (χ0v) is 15.1. The van der Waals surface area contributed by atoms with Gasteiger partial charge >= 0.3 is 5.97 Å². The van der Waals surface area contributed by atoms with Crippen LogP contribution in [0.2, 0.25) is 0 Å². The maximum Gasteiger partial charge on any atom is 0.337 e. The van der Waals surface area contributed by atoms with Crippen molar-refractivity contribution in [1.29, 1.82) is 0 Å². The van der Waals surface area contributed by atoms with E-state index in [9.17, 15) is 4.79 Å². The quantitative estimate of drug-likeness (QED) is 0.642. The van der Waals surface area contributed by atoms with E-state index < -0.39 is 0 Å². The highest BCUT2D eigenvalue weighted by Crippen LogP contribution is 2.52. The molecule has 0 amide bonds. The van der Waals surface area contributed by atoms with Gasteiger partial charge in [-0.3, -0.25) is 0 Å². The lowest BCUT2D eigenvalue weighted by Crippen LogP contribution is -2.29. The Morgan fingerprint density at radius 3 is 2.73 bits per heavy atom. The highest BCUT2D eigenvalue weighted by molar-refractivity contribution is 5.89. The van der Waals surface area contributed by atoms with Crippen LogP contribution in [0.25, 0.3) is 0 Å². The van der Waals surface area contributed by atoms with Gasteiger partial charge in [0.2, 0.25) is 0 Å². The lowest BCUT2D eigenvalue weighted by molar-refractivity contribution is 0.0600. The van der Waals surface area contributed by atoms with Crippen molar-refractivity contribution in [2.24, 2.45) is 5.92 Å². The number of hydrogen-bond acceptors (Lipinski definition) is 4. The summed E-state index contributed by atoms with van der Waals surface area (Å²) < 4.78 is 10.7. The summed E-state index contributed by atoms with van der Waals surface area (Å²) >= 11 is 0. The minimum atomic E-state index is -0.308. The third-order valence-corrected chi connectivity index (χ3v) is 5.35. The first kappa shape index (κ1) is 16.7. The molecule has 2 aromatic carbocycles. The van der Waals surface area contributed by atoms with Crippen LogP contribution in [-0.4, -0.2) is 19.7 Å². The number of hydrogen-bond donors (Lipinski definition) is 1. The lowest BCUT2D eigenvalue weighted by atomic mass is 9.77. The highest BCUT2D eigenvalue weighted by atomic mass is 16.5. The van der Waals surface area contributed by atoms with Crippen LogP contribution in [-0.2, 0) is 4.74 Å². The number of para-hydroxylation sites is 1. The summed E-state index contributed by atoms with van der Waals surface area (Å²) in [7, 11) is 1.40. The van der Waals surface area contributed by atoms with E-state index >= 15 is 0 Å². The number of anilines is 1. The third kappa shape index (κ3) is 2.75. The van der Waals surface area contributed by atoms with E-state index in [4.69, 9.17) is 9.47 Å². The van der Waals surface area contributed by atoms with E-state index in [1.165, 1.54) is 18.2 Å². The van der Waals surface area contributed by atoms with Crippen molar-refractivity contribution in [1.82, 2.24) is 0 Å². The molecule has 0 aromatic heterocycles. The van der Waals surface area contributed by atoms with E-state index in [1.54, 1.807) is 0 Å². The van der Waals surface area contributed by atoms with Gasteiger partial charge < -0.3 is 14.8 Å². The fraction of sp³-hybridized carbons (Fsp3) is 0.318. The van der Waals surface area contributed by atoms with Crippen molar-refractivity contribution in [3.8, 4) is 5.75 Å². The summed E-state index contributed by atoms with van der Waals surface area (Å²) in [5, 5.41) is 3.72. The SMILES string of the molecule is CCOc1cccc2c1N[C@@H](c1ccc(C(=O)OC)cc1)[C@@H]1CC=C[C@H]21. The average Bonchev–Trinajstić information content (AvgIpc) is 3.17. The molecule has 0 fully saturated rings. The third-order valence-electron chi connectivity index (χ3n) is 5.35. The van der Waals surface area contributed by atoms with Crippen LogP contribution in [0.4, 0.5) is 5.69 Å². The zero-order valence-electron chi connectivity index (χ0n) is 15.1. The molecule has 0 saturated carbocycles. The molecule has 0 spiro atoms. The molecule has 1 N–H and O–H groups in total. The molecule has 1 heterocycles. The van der Waals surface area contributed by atoms with E-state index in [2.05, 4.69) is 29.6 Å². The van der Waals surface area contributed by atoms with Gasteiger partial charge in [-0.25, -0.2) is 4.79 Å². The molecule has 4 rings (SSSR count). The molecule has 26 heavy (non-hydrogen) atoms. The number of carbonyl (C=O) groups is 1. The molecule has 1 aliphatic heterocycles. The largest absolute Gasteiger partial charge is 0.492 e. The summed E-state index contributed by atoms with van der Waals surface area (Å²) in [6, 6.07) is 14.2. The van der Waals surface area contributed by atoms with Gasteiger partial charge in [-0.15, -0.1) is 0 Å². The fourth-order valence-electron chi connectivity index (χ4n) is 4.14. The Labute approximate surface area is 153 Å². The maximum absolute atomic E-state index is 11.7. The number of nitrogens with one attached hydrogen (secondary N) is 1. The average molecular weight is 349 g/mol. The highest BCUT2D eigenvalue weighted by Gasteiger charge is 2.38. The van der Waals surface area contributed by atoms with Crippen LogP contribution in [0.15, 0.2) is 54.6 Å². The summed E-state index contributed by atoms with van der Waals surface area (Å²) in [5.74, 6) is 1.44. The minimum Gasteiger partial charge on any atom is -0.492 e. The monoisotopic (exact) mass is 349 g/mol. The van der Waals surface area contributed by atoms with Gasteiger partial charge in [0.15, 0.2) is 0 Å². The smallest absolute Gasteiger partial charge is 0.337 e. The van der Waals surface area contributed by atoms with Crippen LogP contribution < -0.4 is 10.1 Å². The summed E-state index contributed by atoms with van der Waals surface area (Å²) in [5.41, 5.74) is 4.14. The number of benzene rings is 2. The second kappa shape index (κ2) is 6.87. The Morgan fingerprint density at radius 1 is 1.19 bits per heavy atom. The van der Waals surface area contributed by atoms with Gasteiger partial charge in [0.1, 0.15) is 5.75 Å². The number of ether oxygens (including phenoxy) is 2. The predicted molar refractivity (Wildman–Crippen MR) is 102 cm³/mol. The Hall–Kier alpha value is -2.75. The molecule has 4 heteroatoms. The van der Waals surface area contributed by atoms with Crippen LogP contribution in [0.1, 0.15) is 46.8 Å². The van der Waals surface area contributed by atoms with Crippen molar-refractivity contribution >= 4 is 11.7 Å². The first-order valence-electron chi connectivity index (χ1n) is 9.10. The van der Waals surface area contributed by atoms with Gasteiger partial charge in [-0.2, -0.15) is 0 Å². The van der Waals surface area contributed by atoms with Gasteiger partial charge in [0.05, 0.1) is 31.0 Å². The minimum absolute atomic E-state index is 0.177. The predicted octanol–water partition coefficient (Wildman–Crippen LogP) is 4.70. The van der Waals surface area contributed by atoms with Crippen molar-refractivity contribution in [2.75, 3.05) is 19.0 Å². The van der Waals surface area contributed by atoms with Crippen molar-refractivity contribution < 1.29 is 14.3 Å². The molecular formula is C22H23NO3. The standard InChI is InChI=1S/C22H23NO3/c1-3-26-19-9-5-8-18-16-6-4-7-17(16)20(23-21(18)19)14-10-12-15(13-11-14)22(24)25-2/h4-6,8-13,16-17,20,23H,3,7H2,1-2H3/t16-,17+,20-/m0/s1. The van der Waals surface area contributed by atoms with Gasteiger partial charge in [-0.05, 0) is 48.6 Å². The molecule has 0 saturated heterocycles. The molecule has 0 radical (unpaired) electrons. The number of methoxy groups -OCH3 is 1. The molecule has 0 unspecified atom stereocenters. The van der Waals surface area contributed by atoms with Crippen molar-refractivity contribution in [2.45, 2.75) is 25.3 Å². The summed E-state index contributed by atoms with van der Waals surface area (Å²) in [6.45, 7) is 2.64. The first-order chi connectivity index (χ1) is 12.7. The molecule has 3 atom stereocenters. The van der Waals surface area contributed by atoms with Gasteiger partial charge in [0.25, 0.3) is 0 Å². The van der Waals surface area contributed by atoms with Crippen LogP contribution in [0.5, 0.6) is 5.75 Å². The first-order valence-corrected chi connectivity index (χ1v) is 9.10. The van der Waals surface area contributed by atoms with Gasteiger partial charge in [-0.1, -0.05) is 36.4 Å². The normalized spacial score (nSPS) is 22.9. The Morgan fingerprint density at radius 2 is 2.00 bits per heavy atom. The Bertz CT molecular complexity index is 841. The Kier molecular flexibility index (Phi) is 4.41. The summed E-state index contributed by atoms with van der Waals surface area (Å²) in [6.07, 6.45) is 5.63. The van der Waals surface area contributed by atoms with E-state index in [0.29, 0.717) is 24.0 Å². The molecule has 4 nitrogen and oxygen atoms in total. The van der Waals surface area contributed by atoms with E-state index in [-0.39, 0.29) is 12.0 Å². The number of rotatable bonds is 4. The maximum atomic E-state index is 11.7. The van der Waals surface area contributed by atoms with E-state index in [0.717, 1.165) is 17.9 Å². The van der Waals surface area contributed by atoms with Crippen molar-refractivity contribution in [3.05, 3.63) is 71.3 Å². The van der Waals surface area contributed by atoms with E-state index in [1.807, 2.05) is 37.3 Å². The molecule has 1 aliphatic carbocycles.